The van der Waals surface area contributed by atoms with Crippen LogP contribution in [0.4, 0.5) is 8.78 Å². The van der Waals surface area contributed by atoms with Crippen LogP contribution in [-0.4, -0.2) is 36.5 Å². The van der Waals surface area contributed by atoms with Crippen LogP contribution in [0.5, 0.6) is 0 Å². The third-order valence-corrected chi connectivity index (χ3v) is 6.51. The van der Waals surface area contributed by atoms with Crippen LogP contribution in [0.1, 0.15) is 29.3 Å². The first kappa shape index (κ1) is 20.4. The molecule has 0 fully saturated rings. The van der Waals surface area contributed by atoms with Gasteiger partial charge >= 0.3 is 0 Å². The summed E-state index contributed by atoms with van der Waals surface area (Å²) in [5.41, 5.74) is 4.80. The Balaban J connectivity index is 2.03. The van der Waals surface area contributed by atoms with E-state index in [0.29, 0.717) is 0 Å². The number of pyridine rings is 1. The van der Waals surface area contributed by atoms with Gasteiger partial charge in [-0.1, -0.05) is 6.07 Å². The molecule has 2 aromatic rings. The molecule has 3 rings (SSSR count). The Hall–Kier alpha value is -3.32. The molecule has 1 aliphatic rings. The summed E-state index contributed by atoms with van der Waals surface area (Å²) in [6.07, 6.45) is 2.37. The number of aliphatic imine (C=N–C) groups is 1. The fraction of sp³-hybridized carbons (Fsp3) is 0.211. The zero-order valence-corrected chi connectivity index (χ0v) is 16.4. The molecule has 0 amide bonds. The summed E-state index contributed by atoms with van der Waals surface area (Å²) in [5.74, 6) is -2.12. The SMILES string of the molecule is CN1C(N)=N[C@](C)(c2cc(/C=C(\F)c3ccc(C#N)cn3)ccc2F)CS1(=O)=O. The zero-order valence-electron chi connectivity index (χ0n) is 15.6. The second-order valence-electron chi connectivity index (χ2n) is 6.74. The molecule has 0 spiro atoms. The van der Waals surface area contributed by atoms with Crippen molar-refractivity contribution in [2.45, 2.75) is 12.5 Å². The molecule has 1 aromatic heterocycles. The molecule has 0 unspecified atom stereocenters. The number of halogens is 2. The number of rotatable bonds is 3. The van der Waals surface area contributed by atoms with E-state index in [2.05, 4.69) is 9.98 Å². The van der Waals surface area contributed by atoms with Gasteiger partial charge in [0.25, 0.3) is 0 Å². The summed E-state index contributed by atoms with van der Waals surface area (Å²) in [4.78, 5) is 8.03. The van der Waals surface area contributed by atoms with Crippen molar-refractivity contribution in [2.75, 3.05) is 12.8 Å². The van der Waals surface area contributed by atoms with Gasteiger partial charge < -0.3 is 5.73 Å². The van der Waals surface area contributed by atoms with Gasteiger partial charge in [0.1, 0.15) is 23.3 Å². The molecular weight excluding hydrogens is 400 g/mol. The van der Waals surface area contributed by atoms with Crippen LogP contribution in [0.15, 0.2) is 41.5 Å². The molecular formula is C19H17F2N5O2S. The summed E-state index contributed by atoms with van der Waals surface area (Å²) < 4.78 is 54.6. The fourth-order valence-corrected chi connectivity index (χ4v) is 4.40. The van der Waals surface area contributed by atoms with E-state index >= 15 is 0 Å². The number of nitrogens with two attached hydrogens (primary N) is 1. The minimum Gasteiger partial charge on any atom is -0.369 e. The van der Waals surface area contributed by atoms with Crippen molar-refractivity contribution in [3.8, 4) is 6.07 Å². The molecule has 150 valence electrons. The smallest absolute Gasteiger partial charge is 0.239 e. The van der Waals surface area contributed by atoms with E-state index in [1.54, 1.807) is 0 Å². The zero-order chi connectivity index (χ0) is 21.4. The number of hydrogen-bond donors (Lipinski definition) is 1. The molecule has 0 saturated carbocycles. The predicted molar refractivity (Wildman–Crippen MR) is 105 cm³/mol. The van der Waals surface area contributed by atoms with E-state index < -0.39 is 33.0 Å². The standard InChI is InChI=1S/C19H17F2N5O2S/c1-19(11-29(27,28)26(2)18(23)25-19)14-7-12(3-5-15(14)20)8-16(21)17-6-4-13(9-22)10-24-17/h3-8,10H,11H2,1-2H3,(H2,23,25)/b16-8-/t19-/m0/s1. The second-order valence-corrected chi connectivity index (χ2v) is 8.74. The summed E-state index contributed by atoms with van der Waals surface area (Å²) in [5, 5.41) is 8.78. The van der Waals surface area contributed by atoms with Gasteiger partial charge in [0.2, 0.25) is 16.0 Å². The lowest BCUT2D eigenvalue weighted by atomic mass is 9.92. The second kappa shape index (κ2) is 7.25. The third-order valence-electron chi connectivity index (χ3n) is 4.57. The Morgan fingerprint density at radius 1 is 1.38 bits per heavy atom. The minimum absolute atomic E-state index is 0.00483. The summed E-state index contributed by atoms with van der Waals surface area (Å²) in [6, 6.07) is 8.46. The van der Waals surface area contributed by atoms with Crippen LogP contribution in [0.25, 0.3) is 11.9 Å². The van der Waals surface area contributed by atoms with Gasteiger partial charge in [0.05, 0.1) is 17.0 Å². The molecule has 10 heteroatoms. The Morgan fingerprint density at radius 3 is 2.69 bits per heavy atom. The van der Waals surface area contributed by atoms with Gasteiger partial charge in [-0.25, -0.2) is 26.5 Å². The van der Waals surface area contributed by atoms with Gasteiger partial charge in [0, 0.05) is 18.8 Å². The van der Waals surface area contributed by atoms with Gasteiger partial charge in [-0.05, 0) is 42.8 Å². The van der Waals surface area contributed by atoms with Crippen molar-refractivity contribution in [1.29, 1.82) is 5.26 Å². The number of nitriles is 1. The van der Waals surface area contributed by atoms with Crippen LogP contribution in [-0.2, 0) is 15.6 Å². The molecule has 1 atom stereocenters. The molecule has 0 radical (unpaired) electrons. The molecule has 2 heterocycles. The van der Waals surface area contributed by atoms with E-state index in [-0.39, 0.29) is 28.3 Å². The lowest BCUT2D eigenvalue weighted by Gasteiger charge is -2.34. The van der Waals surface area contributed by atoms with Gasteiger partial charge in [0.15, 0.2) is 0 Å². The Morgan fingerprint density at radius 2 is 2.10 bits per heavy atom. The average molecular weight is 417 g/mol. The molecule has 29 heavy (non-hydrogen) atoms. The highest BCUT2D eigenvalue weighted by atomic mass is 32.2. The molecule has 0 aliphatic carbocycles. The number of benzene rings is 1. The van der Waals surface area contributed by atoms with Crippen molar-refractivity contribution >= 4 is 27.9 Å². The minimum atomic E-state index is -3.78. The molecule has 1 aromatic carbocycles. The van der Waals surface area contributed by atoms with E-state index in [1.807, 2.05) is 6.07 Å². The van der Waals surface area contributed by atoms with Crippen molar-refractivity contribution in [1.82, 2.24) is 9.29 Å². The quantitative estimate of drug-likeness (QED) is 0.824. The average Bonchev–Trinajstić information content (AvgIpc) is 2.67. The molecule has 2 N–H and O–H groups in total. The lowest BCUT2D eigenvalue weighted by Crippen LogP contribution is -2.50. The maximum atomic E-state index is 14.5. The highest BCUT2D eigenvalue weighted by Crippen LogP contribution is 2.34. The molecule has 1 aliphatic heterocycles. The summed E-state index contributed by atoms with van der Waals surface area (Å²) >= 11 is 0. The Kier molecular flexibility index (Phi) is 5.11. The summed E-state index contributed by atoms with van der Waals surface area (Å²) in [6.45, 7) is 1.45. The number of aromatic nitrogens is 1. The van der Waals surface area contributed by atoms with E-state index in [9.17, 15) is 17.2 Å². The van der Waals surface area contributed by atoms with Crippen LogP contribution in [0.2, 0.25) is 0 Å². The number of nitrogens with zero attached hydrogens (tertiary/aromatic N) is 4. The van der Waals surface area contributed by atoms with E-state index in [4.69, 9.17) is 11.0 Å². The first-order valence-electron chi connectivity index (χ1n) is 8.41. The number of guanidine groups is 1. The molecule has 7 nitrogen and oxygen atoms in total. The first-order valence-corrected chi connectivity index (χ1v) is 10.0. The topological polar surface area (TPSA) is 112 Å². The van der Waals surface area contributed by atoms with Crippen molar-refractivity contribution < 1.29 is 17.2 Å². The van der Waals surface area contributed by atoms with Crippen LogP contribution < -0.4 is 5.73 Å². The largest absolute Gasteiger partial charge is 0.369 e. The normalized spacial score (nSPS) is 21.4. The molecule has 0 saturated heterocycles. The highest BCUT2D eigenvalue weighted by molar-refractivity contribution is 7.89. The van der Waals surface area contributed by atoms with Gasteiger partial charge in [-0.2, -0.15) is 5.26 Å². The summed E-state index contributed by atoms with van der Waals surface area (Å²) in [7, 11) is -2.52. The maximum Gasteiger partial charge on any atom is 0.239 e. The predicted octanol–water partition coefficient (Wildman–Crippen LogP) is 2.37. The fourth-order valence-electron chi connectivity index (χ4n) is 2.95. The van der Waals surface area contributed by atoms with Gasteiger partial charge in [-0.3, -0.25) is 4.98 Å². The Labute approximate surface area is 166 Å². The van der Waals surface area contributed by atoms with Crippen LogP contribution in [0, 0.1) is 17.1 Å². The first-order chi connectivity index (χ1) is 13.6. The third kappa shape index (κ3) is 3.95. The Bertz CT molecular complexity index is 1170. The number of hydrogen-bond acceptors (Lipinski definition) is 6. The van der Waals surface area contributed by atoms with Gasteiger partial charge in [-0.15, -0.1) is 0 Å². The van der Waals surface area contributed by atoms with Crippen LogP contribution >= 0.6 is 0 Å². The molecule has 0 bridgehead atoms. The van der Waals surface area contributed by atoms with E-state index in [1.165, 1.54) is 44.4 Å². The lowest BCUT2D eigenvalue weighted by molar-refractivity contribution is 0.458. The monoisotopic (exact) mass is 417 g/mol. The van der Waals surface area contributed by atoms with E-state index in [0.717, 1.165) is 16.4 Å². The maximum absolute atomic E-state index is 14.5. The van der Waals surface area contributed by atoms with Crippen molar-refractivity contribution in [3.05, 3.63) is 64.7 Å². The van der Waals surface area contributed by atoms with Crippen molar-refractivity contribution in [3.63, 3.8) is 0 Å². The van der Waals surface area contributed by atoms with Crippen molar-refractivity contribution in [2.24, 2.45) is 10.7 Å². The van der Waals surface area contributed by atoms with Crippen LogP contribution in [0.3, 0.4) is 0 Å². The number of sulfonamides is 1. The highest BCUT2D eigenvalue weighted by Gasteiger charge is 2.41.